The van der Waals surface area contributed by atoms with Crippen molar-refractivity contribution in [2.24, 2.45) is 5.41 Å². The highest BCUT2D eigenvalue weighted by molar-refractivity contribution is 5.76. The molecule has 0 amide bonds. The van der Waals surface area contributed by atoms with Gasteiger partial charge in [-0.3, -0.25) is 0 Å². The van der Waals surface area contributed by atoms with Crippen LogP contribution in [0.15, 0.2) is 0 Å². The molecule has 0 aliphatic rings. The number of unbranched alkanes of at least 4 members (excludes halogenated alkanes) is 2. The van der Waals surface area contributed by atoms with E-state index in [1.54, 1.807) is 13.8 Å². The van der Waals surface area contributed by atoms with Crippen molar-refractivity contribution in [1.82, 2.24) is 0 Å². The lowest BCUT2D eigenvalue weighted by Crippen LogP contribution is -2.09. The van der Waals surface area contributed by atoms with Gasteiger partial charge in [-0.25, -0.2) is 0 Å². The summed E-state index contributed by atoms with van der Waals surface area (Å²) in [6.07, 6.45) is 4.93. The van der Waals surface area contributed by atoms with Crippen molar-refractivity contribution in [2.75, 3.05) is 0 Å². The number of hydrogen-bond donors (Lipinski definition) is 0. The molecule has 16 heavy (non-hydrogen) atoms. The molecule has 96 valence electrons. The summed E-state index contributed by atoms with van der Waals surface area (Å²) in [5.41, 5.74) is 0.172. The molecule has 0 aliphatic heterocycles. The van der Waals surface area contributed by atoms with Gasteiger partial charge in [0.05, 0.1) is 0 Å². The molecule has 0 fully saturated rings. The van der Waals surface area contributed by atoms with Crippen LogP contribution in [0.1, 0.15) is 73.6 Å². The molecule has 0 N–H and O–H groups in total. The van der Waals surface area contributed by atoms with Crippen molar-refractivity contribution < 1.29 is 9.59 Å². The van der Waals surface area contributed by atoms with Crippen LogP contribution in [0.3, 0.4) is 0 Å². The first kappa shape index (κ1) is 17.7. The molecule has 0 unspecified atom stereocenters. The number of carbonyl (C=O) groups excluding carboxylic acids is 2. The zero-order valence-corrected chi connectivity index (χ0v) is 11.9. The van der Waals surface area contributed by atoms with Crippen molar-refractivity contribution in [3.05, 3.63) is 0 Å². The average molecular weight is 228 g/mol. The number of carbonyl (C=O) groups is 2. The molecule has 0 radical (unpaired) electrons. The van der Waals surface area contributed by atoms with Gasteiger partial charge in [-0.2, -0.15) is 0 Å². The summed E-state index contributed by atoms with van der Waals surface area (Å²) in [5, 5.41) is 0. The molecule has 0 saturated heterocycles. The Morgan fingerprint density at radius 1 is 0.938 bits per heavy atom. The molecule has 0 bridgehead atoms. The van der Waals surface area contributed by atoms with Crippen molar-refractivity contribution >= 4 is 11.6 Å². The van der Waals surface area contributed by atoms with E-state index in [1.807, 2.05) is 0 Å². The lowest BCUT2D eigenvalue weighted by Gasteiger charge is -2.14. The minimum absolute atomic E-state index is 0.172. The molecule has 0 atom stereocenters. The van der Waals surface area contributed by atoms with Crippen molar-refractivity contribution in [1.29, 1.82) is 0 Å². The summed E-state index contributed by atoms with van der Waals surface area (Å²) in [5.74, 6) is 0.593. The zero-order valence-electron chi connectivity index (χ0n) is 11.9. The van der Waals surface area contributed by atoms with Gasteiger partial charge in [0.1, 0.15) is 11.6 Å². The fourth-order valence-corrected chi connectivity index (χ4v) is 1.37. The lowest BCUT2D eigenvalue weighted by atomic mass is 9.91. The normalized spacial score (nSPS) is 10.4. The molecule has 0 aromatic heterocycles. The Morgan fingerprint density at radius 2 is 1.44 bits per heavy atom. The van der Waals surface area contributed by atoms with E-state index in [2.05, 4.69) is 27.7 Å². The van der Waals surface area contributed by atoms with Gasteiger partial charge >= 0.3 is 0 Å². The largest absolute Gasteiger partial charge is 0.300 e. The summed E-state index contributed by atoms with van der Waals surface area (Å²) in [7, 11) is 0. The number of rotatable bonds is 5. The number of hydrogen-bond acceptors (Lipinski definition) is 2. The second-order valence-corrected chi connectivity index (χ2v) is 5.60. The van der Waals surface area contributed by atoms with Gasteiger partial charge in [-0.05, 0) is 25.7 Å². The predicted octanol–water partition coefficient (Wildman–Crippen LogP) is 4.17. The van der Waals surface area contributed by atoms with Crippen molar-refractivity contribution in [3.8, 4) is 0 Å². The Kier molecular flexibility index (Phi) is 10.6. The Balaban J connectivity index is 0. The molecular formula is C14H28O2. The Morgan fingerprint density at radius 3 is 1.62 bits per heavy atom. The SMILES string of the molecule is CC(=O)CC(C)(C)C.CCCCCC(C)=O. The number of ketones is 2. The van der Waals surface area contributed by atoms with E-state index >= 15 is 0 Å². The predicted molar refractivity (Wildman–Crippen MR) is 69.6 cm³/mol. The third-order valence-electron chi connectivity index (χ3n) is 1.91. The van der Waals surface area contributed by atoms with Crippen molar-refractivity contribution in [2.45, 2.75) is 73.6 Å². The van der Waals surface area contributed by atoms with E-state index in [0.717, 1.165) is 12.8 Å². The quantitative estimate of drug-likeness (QED) is 0.662. The molecule has 0 heterocycles. The van der Waals surface area contributed by atoms with E-state index < -0.39 is 0 Å². The van der Waals surface area contributed by atoms with Crippen LogP contribution in [0.5, 0.6) is 0 Å². The third-order valence-corrected chi connectivity index (χ3v) is 1.91. The van der Waals surface area contributed by atoms with Crippen LogP contribution in [-0.4, -0.2) is 11.6 Å². The van der Waals surface area contributed by atoms with Crippen LogP contribution in [0, 0.1) is 5.41 Å². The van der Waals surface area contributed by atoms with Crippen LogP contribution in [0.4, 0.5) is 0 Å². The van der Waals surface area contributed by atoms with Crippen LogP contribution in [0.2, 0.25) is 0 Å². The summed E-state index contributed by atoms with van der Waals surface area (Å²) >= 11 is 0. The molecule has 2 nitrogen and oxygen atoms in total. The smallest absolute Gasteiger partial charge is 0.130 e. The van der Waals surface area contributed by atoms with Gasteiger partial charge in [0.2, 0.25) is 0 Å². The van der Waals surface area contributed by atoms with Crippen LogP contribution in [-0.2, 0) is 9.59 Å². The van der Waals surface area contributed by atoms with Gasteiger partial charge in [0.15, 0.2) is 0 Å². The van der Waals surface area contributed by atoms with Crippen LogP contribution in [0.25, 0.3) is 0 Å². The van der Waals surface area contributed by atoms with Crippen LogP contribution < -0.4 is 0 Å². The lowest BCUT2D eigenvalue weighted by molar-refractivity contribution is -0.119. The van der Waals surface area contributed by atoms with Gasteiger partial charge < -0.3 is 9.59 Å². The highest BCUT2D eigenvalue weighted by Crippen LogP contribution is 2.17. The minimum Gasteiger partial charge on any atom is -0.300 e. The second-order valence-electron chi connectivity index (χ2n) is 5.60. The van der Waals surface area contributed by atoms with Gasteiger partial charge in [-0.15, -0.1) is 0 Å². The number of Topliss-reactive ketones (excluding diaryl/α,β-unsaturated/α-hetero) is 2. The fraction of sp³-hybridized carbons (Fsp3) is 0.857. The Labute approximate surface area is 101 Å². The first-order valence-electron chi connectivity index (χ1n) is 6.18. The first-order chi connectivity index (χ1) is 7.19. The first-order valence-corrected chi connectivity index (χ1v) is 6.18. The molecular weight excluding hydrogens is 200 g/mol. The maximum atomic E-state index is 10.5. The molecule has 0 rings (SSSR count). The van der Waals surface area contributed by atoms with E-state index in [4.69, 9.17) is 0 Å². The second kappa shape index (κ2) is 9.56. The van der Waals surface area contributed by atoms with E-state index in [9.17, 15) is 9.59 Å². The maximum Gasteiger partial charge on any atom is 0.130 e. The molecule has 0 aromatic rings. The molecule has 0 spiro atoms. The highest BCUT2D eigenvalue weighted by Gasteiger charge is 2.11. The summed E-state index contributed by atoms with van der Waals surface area (Å²) in [6.45, 7) is 11.6. The fourth-order valence-electron chi connectivity index (χ4n) is 1.37. The zero-order chi connectivity index (χ0) is 13.2. The average Bonchev–Trinajstić information content (AvgIpc) is 2.00. The molecule has 0 aliphatic carbocycles. The Hall–Kier alpha value is -0.660. The van der Waals surface area contributed by atoms with E-state index in [0.29, 0.717) is 12.2 Å². The topological polar surface area (TPSA) is 34.1 Å². The van der Waals surface area contributed by atoms with Crippen LogP contribution >= 0.6 is 0 Å². The summed E-state index contributed by atoms with van der Waals surface area (Å²) < 4.78 is 0. The summed E-state index contributed by atoms with van der Waals surface area (Å²) in [4.78, 5) is 20.8. The minimum atomic E-state index is 0.172. The van der Waals surface area contributed by atoms with E-state index in [1.165, 1.54) is 12.8 Å². The van der Waals surface area contributed by atoms with Gasteiger partial charge in [0, 0.05) is 12.8 Å². The van der Waals surface area contributed by atoms with Gasteiger partial charge in [0.25, 0.3) is 0 Å². The summed E-state index contributed by atoms with van der Waals surface area (Å²) in [6, 6.07) is 0. The van der Waals surface area contributed by atoms with Gasteiger partial charge in [-0.1, -0.05) is 40.5 Å². The molecule has 2 heteroatoms. The van der Waals surface area contributed by atoms with E-state index in [-0.39, 0.29) is 11.2 Å². The highest BCUT2D eigenvalue weighted by atomic mass is 16.1. The standard InChI is InChI=1S/2C7H14O/c1-6(8)5-7(2,3)4;1-3-4-5-6-7(2)8/h5H2,1-4H3;3-6H2,1-2H3. The molecule has 0 saturated carbocycles. The molecule has 0 aromatic carbocycles. The third kappa shape index (κ3) is 23.3. The monoisotopic (exact) mass is 228 g/mol. The Bertz CT molecular complexity index is 199. The van der Waals surface area contributed by atoms with Crippen molar-refractivity contribution in [3.63, 3.8) is 0 Å². The maximum absolute atomic E-state index is 10.5.